The molecule has 3 nitrogen and oxygen atoms in total. The van der Waals surface area contributed by atoms with E-state index in [0.29, 0.717) is 12.0 Å². The number of halogens is 1. The molecule has 1 aromatic rings. The van der Waals surface area contributed by atoms with Crippen LogP contribution < -0.4 is 5.32 Å². The van der Waals surface area contributed by atoms with Crippen molar-refractivity contribution < 1.29 is 4.79 Å². The van der Waals surface area contributed by atoms with Gasteiger partial charge in [0, 0.05) is 9.61 Å². The third-order valence-corrected chi connectivity index (χ3v) is 3.22. The zero-order valence-electron chi connectivity index (χ0n) is 9.03. The van der Waals surface area contributed by atoms with Gasteiger partial charge in [0.2, 0.25) is 0 Å². The number of hydrogen-bond donors (Lipinski definition) is 1. The Hall–Kier alpha value is -1.09. The molecule has 1 N–H and O–H groups in total. The van der Waals surface area contributed by atoms with E-state index < -0.39 is 0 Å². The van der Waals surface area contributed by atoms with Gasteiger partial charge in [0.05, 0.1) is 18.1 Å². The molecule has 84 valence electrons. The van der Waals surface area contributed by atoms with Crippen LogP contribution in [0.1, 0.15) is 30.1 Å². The van der Waals surface area contributed by atoms with Gasteiger partial charge in [-0.05, 0) is 41.1 Å². The highest BCUT2D eigenvalue weighted by Crippen LogP contribution is 2.11. The first-order valence-electron chi connectivity index (χ1n) is 5.11. The lowest BCUT2D eigenvalue weighted by molar-refractivity contribution is 0.0935. The summed E-state index contributed by atoms with van der Waals surface area (Å²) in [4.78, 5) is 11.9. The Morgan fingerprint density at radius 2 is 2.25 bits per heavy atom. The van der Waals surface area contributed by atoms with Gasteiger partial charge in [0.1, 0.15) is 0 Å². The molecular formula is C12H13IN2O. The first kappa shape index (κ1) is 13.0. The van der Waals surface area contributed by atoms with Crippen LogP contribution in [-0.2, 0) is 0 Å². The Balaban J connectivity index is 2.73. The summed E-state index contributed by atoms with van der Waals surface area (Å²) in [5.41, 5.74) is 0.666. The quantitative estimate of drug-likeness (QED) is 0.864. The lowest BCUT2D eigenvalue weighted by atomic mass is 10.1. The highest BCUT2D eigenvalue weighted by Gasteiger charge is 2.13. The lowest BCUT2D eigenvalue weighted by Crippen LogP contribution is -2.34. The van der Waals surface area contributed by atoms with Crippen molar-refractivity contribution in [2.75, 3.05) is 0 Å². The molecule has 16 heavy (non-hydrogen) atoms. The Kier molecular flexibility index (Phi) is 5.26. The molecule has 0 aliphatic heterocycles. The van der Waals surface area contributed by atoms with Crippen molar-refractivity contribution in [1.82, 2.24) is 5.32 Å². The molecule has 0 aromatic heterocycles. The van der Waals surface area contributed by atoms with E-state index in [-0.39, 0.29) is 11.9 Å². The zero-order chi connectivity index (χ0) is 12.0. The third-order valence-electron chi connectivity index (χ3n) is 2.28. The zero-order valence-corrected chi connectivity index (χ0v) is 11.2. The van der Waals surface area contributed by atoms with E-state index in [0.717, 1.165) is 9.99 Å². The van der Waals surface area contributed by atoms with E-state index in [2.05, 4.69) is 34.0 Å². The van der Waals surface area contributed by atoms with Crippen LogP contribution >= 0.6 is 22.6 Å². The van der Waals surface area contributed by atoms with Crippen LogP contribution in [0.4, 0.5) is 0 Å². The predicted molar refractivity (Wildman–Crippen MR) is 70.9 cm³/mol. The minimum atomic E-state index is -0.105. The van der Waals surface area contributed by atoms with Gasteiger partial charge in [-0.25, -0.2) is 0 Å². The van der Waals surface area contributed by atoms with Crippen LogP contribution in [0.3, 0.4) is 0 Å². The molecule has 0 aliphatic rings. The highest BCUT2D eigenvalue weighted by molar-refractivity contribution is 14.1. The molecule has 0 saturated carbocycles. The van der Waals surface area contributed by atoms with Gasteiger partial charge in [-0.1, -0.05) is 19.1 Å². The van der Waals surface area contributed by atoms with Gasteiger partial charge in [-0.15, -0.1) is 0 Å². The number of carbonyl (C=O) groups is 1. The van der Waals surface area contributed by atoms with E-state index in [9.17, 15) is 4.79 Å². The molecule has 1 unspecified atom stereocenters. The minimum Gasteiger partial charge on any atom is -0.348 e. The largest absolute Gasteiger partial charge is 0.348 e. The molecule has 0 spiro atoms. The molecule has 0 aliphatic carbocycles. The van der Waals surface area contributed by atoms with Gasteiger partial charge in [-0.3, -0.25) is 4.79 Å². The molecule has 0 bridgehead atoms. The smallest absolute Gasteiger partial charge is 0.252 e. The van der Waals surface area contributed by atoms with Crippen molar-refractivity contribution in [2.45, 2.75) is 25.8 Å². The Labute approximate surface area is 109 Å². The normalized spacial score (nSPS) is 11.6. The van der Waals surface area contributed by atoms with Crippen molar-refractivity contribution in [1.29, 1.82) is 5.26 Å². The maximum absolute atomic E-state index is 11.9. The van der Waals surface area contributed by atoms with Crippen LogP contribution in [0.15, 0.2) is 24.3 Å². The number of benzene rings is 1. The van der Waals surface area contributed by atoms with Crippen LogP contribution in [0, 0.1) is 14.9 Å². The van der Waals surface area contributed by atoms with E-state index in [4.69, 9.17) is 5.26 Å². The second-order valence-corrected chi connectivity index (χ2v) is 4.58. The molecule has 1 rings (SSSR count). The van der Waals surface area contributed by atoms with Crippen molar-refractivity contribution >= 4 is 28.5 Å². The topological polar surface area (TPSA) is 52.9 Å². The summed E-state index contributed by atoms with van der Waals surface area (Å²) in [5.74, 6) is -0.105. The second kappa shape index (κ2) is 6.48. The molecule has 0 fully saturated rings. The number of rotatable bonds is 4. The molecule has 1 amide bonds. The van der Waals surface area contributed by atoms with Gasteiger partial charge in [0.15, 0.2) is 0 Å². The molecule has 0 saturated heterocycles. The summed E-state index contributed by atoms with van der Waals surface area (Å²) in [6, 6.07) is 9.42. The monoisotopic (exact) mass is 328 g/mol. The lowest BCUT2D eigenvalue weighted by Gasteiger charge is -2.14. The van der Waals surface area contributed by atoms with Crippen molar-refractivity contribution in [3.63, 3.8) is 0 Å². The fourth-order valence-corrected chi connectivity index (χ4v) is 1.95. The molecule has 0 heterocycles. The maximum Gasteiger partial charge on any atom is 0.252 e. The van der Waals surface area contributed by atoms with Crippen LogP contribution in [0.5, 0.6) is 0 Å². The van der Waals surface area contributed by atoms with Gasteiger partial charge in [0.25, 0.3) is 5.91 Å². The summed E-state index contributed by atoms with van der Waals surface area (Å²) in [6.07, 6.45) is 1.12. The number of nitrogens with zero attached hydrogens (tertiary/aromatic N) is 1. The SMILES string of the molecule is CCC(CC#N)NC(=O)c1ccccc1I. The summed E-state index contributed by atoms with van der Waals surface area (Å²) >= 11 is 2.13. The van der Waals surface area contributed by atoms with E-state index in [1.807, 2.05) is 25.1 Å². The average molecular weight is 328 g/mol. The Bertz CT molecular complexity index is 412. The van der Waals surface area contributed by atoms with Crippen molar-refractivity contribution in [3.05, 3.63) is 33.4 Å². The van der Waals surface area contributed by atoms with E-state index in [1.54, 1.807) is 6.07 Å². The van der Waals surface area contributed by atoms with Gasteiger partial charge >= 0.3 is 0 Å². The highest BCUT2D eigenvalue weighted by atomic mass is 127. The Morgan fingerprint density at radius 3 is 2.81 bits per heavy atom. The number of amides is 1. The maximum atomic E-state index is 11.9. The molecule has 4 heteroatoms. The summed E-state index contributed by atoms with van der Waals surface area (Å²) < 4.78 is 0.921. The third kappa shape index (κ3) is 3.49. The van der Waals surface area contributed by atoms with Crippen molar-refractivity contribution in [2.24, 2.45) is 0 Å². The number of hydrogen-bond acceptors (Lipinski definition) is 2. The number of nitriles is 1. The molecule has 1 atom stereocenters. The summed E-state index contributed by atoms with van der Waals surface area (Å²) in [6.45, 7) is 1.96. The number of nitrogens with one attached hydrogen (secondary N) is 1. The summed E-state index contributed by atoms with van der Waals surface area (Å²) in [5, 5.41) is 11.5. The van der Waals surface area contributed by atoms with E-state index in [1.165, 1.54) is 0 Å². The van der Waals surface area contributed by atoms with Crippen LogP contribution in [0.25, 0.3) is 0 Å². The fourth-order valence-electron chi connectivity index (χ4n) is 1.32. The second-order valence-electron chi connectivity index (χ2n) is 3.42. The predicted octanol–water partition coefficient (Wildman–Crippen LogP) is 2.71. The molecule has 0 radical (unpaired) electrons. The minimum absolute atomic E-state index is 0.0616. The first-order valence-corrected chi connectivity index (χ1v) is 6.19. The van der Waals surface area contributed by atoms with Crippen molar-refractivity contribution in [3.8, 4) is 6.07 Å². The average Bonchev–Trinajstić information content (AvgIpc) is 2.28. The first-order chi connectivity index (χ1) is 7.69. The standard InChI is InChI=1S/C12H13IN2O/c1-2-9(7-8-14)15-12(16)10-5-3-4-6-11(10)13/h3-6,9H,2,7H2,1H3,(H,15,16). The van der Waals surface area contributed by atoms with E-state index >= 15 is 0 Å². The van der Waals surface area contributed by atoms with Crippen LogP contribution in [0.2, 0.25) is 0 Å². The van der Waals surface area contributed by atoms with Gasteiger partial charge in [-0.2, -0.15) is 5.26 Å². The number of carbonyl (C=O) groups excluding carboxylic acids is 1. The fraction of sp³-hybridized carbons (Fsp3) is 0.333. The van der Waals surface area contributed by atoms with Crippen LogP contribution in [-0.4, -0.2) is 11.9 Å². The molecular weight excluding hydrogens is 315 g/mol. The molecule has 1 aromatic carbocycles. The summed E-state index contributed by atoms with van der Waals surface area (Å²) in [7, 11) is 0. The van der Waals surface area contributed by atoms with Gasteiger partial charge < -0.3 is 5.32 Å². The Morgan fingerprint density at radius 1 is 1.56 bits per heavy atom.